The molecule has 2 rings (SSSR count). The number of rotatable bonds is 5. The van der Waals surface area contributed by atoms with Crippen LogP contribution in [-0.4, -0.2) is 11.0 Å². The van der Waals surface area contributed by atoms with Gasteiger partial charge in [0.05, 0.1) is 5.69 Å². The Hall–Kier alpha value is -0.410. The van der Waals surface area contributed by atoms with E-state index in [1.54, 1.807) is 0 Å². The van der Waals surface area contributed by atoms with Gasteiger partial charge in [-0.15, -0.1) is 0 Å². The molecule has 2 nitrogen and oxygen atoms in total. The topological polar surface area (TPSA) is 24.9 Å². The fraction of sp³-hybridized carbons (Fsp3) is 0.667. The van der Waals surface area contributed by atoms with E-state index in [-0.39, 0.29) is 0 Å². The lowest BCUT2D eigenvalue weighted by molar-refractivity contribution is 0.277. The van der Waals surface area contributed by atoms with Crippen molar-refractivity contribution in [2.75, 3.05) is 0 Å². The number of nitrogens with zero attached hydrogens (tertiary/aromatic N) is 1. The van der Waals surface area contributed by atoms with Crippen LogP contribution in [0.15, 0.2) is 22.8 Å². The van der Waals surface area contributed by atoms with Crippen molar-refractivity contribution in [3.05, 3.63) is 28.5 Å². The van der Waals surface area contributed by atoms with Crippen LogP contribution in [0.25, 0.3) is 0 Å². The van der Waals surface area contributed by atoms with Gasteiger partial charge in [0, 0.05) is 12.6 Å². The molecule has 1 aliphatic rings. The minimum Gasteiger partial charge on any atom is -0.308 e. The van der Waals surface area contributed by atoms with Crippen LogP contribution in [0.2, 0.25) is 0 Å². The molecule has 1 N–H and O–H groups in total. The molecule has 100 valence electrons. The summed E-state index contributed by atoms with van der Waals surface area (Å²) in [5.41, 5.74) is 1.13. The molecular formula is C15H23BrN2. The SMILES string of the molecule is CCCC1CCC(NCc2cccc(Br)n2)CC1. The highest BCUT2D eigenvalue weighted by Gasteiger charge is 2.19. The van der Waals surface area contributed by atoms with Crippen LogP contribution in [0.5, 0.6) is 0 Å². The smallest absolute Gasteiger partial charge is 0.106 e. The zero-order chi connectivity index (χ0) is 12.8. The lowest BCUT2D eigenvalue weighted by atomic mass is 9.83. The van der Waals surface area contributed by atoms with Crippen molar-refractivity contribution >= 4 is 15.9 Å². The van der Waals surface area contributed by atoms with Gasteiger partial charge in [-0.1, -0.05) is 25.8 Å². The molecular weight excluding hydrogens is 288 g/mol. The lowest BCUT2D eigenvalue weighted by Gasteiger charge is -2.29. The molecule has 1 heterocycles. The van der Waals surface area contributed by atoms with Crippen molar-refractivity contribution < 1.29 is 0 Å². The molecule has 1 aromatic rings. The van der Waals surface area contributed by atoms with Gasteiger partial charge in [-0.25, -0.2) is 4.98 Å². The number of hydrogen-bond acceptors (Lipinski definition) is 2. The van der Waals surface area contributed by atoms with Crippen LogP contribution >= 0.6 is 15.9 Å². The molecule has 0 saturated heterocycles. The maximum absolute atomic E-state index is 4.46. The van der Waals surface area contributed by atoms with E-state index >= 15 is 0 Å². The zero-order valence-corrected chi connectivity index (χ0v) is 12.7. The number of halogens is 1. The number of aromatic nitrogens is 1. The summed E-state index contributed by atoms with van der Waals surface area (Å²) < 4.78 is 0.924. The van der Waals surface area contributed by atoms with E-state index in [1.165, 1.54) is 38.5 Å². The van der Waals surface area contributed by atoms with Gasteiger partial charge in [-0.05, 0) is 59.7 Å². The molecule has 0 spiro atoms. The summed E-state index contributed by atoms with van der Waals surface area (Å²) in [6, 6.07) is 6.80. The highest BCUT2D eigenvalue weighted by Crippen LogP contribution is 2.27. The molecule has 0 radical (unpaired) electrons. The molecule has 1 fully saturated rings. The third-order valence-electron chi connectivity index (χ3n) is 3.89. The van der Waals surface area contributed by atoms with E-state index in [0.717, 1.165) is 22.8 Å². The van der Waals surface area contributed by atoms with Crippen LogP contribution < -0.4 is 5.32 Å². The fourth-order valence-corrected chi connectivity index (χ4v) is 3.24. The minimum atomic E-state index is 0.693. The molecule has 1 aliphatic carbocycles. The number of hydrogen-bond donors (Lipinski definition) is 1. The maximum Gasteiger partial charge on any atom is 0.106 e. The number of pyridine rings is 1. The molecule has 18 heavy (non-hydrogen) atoms. The monoisotopic (exact) mass is 310 g/mol. The molecule has 0 aromatic carbocycles. The Bertz CT molecular complexity index is 359. The first-order chi connectivity index (χ1) is 8.78. The summed E-state index contributed by atoms with van der Waals surface area (Å²) in [6.45, 7) is 3.19. The van der Waals surface area contributed by atoms with Crippen LogP contribution in [-0.2, 0) is 6.54 Å². The largest absolute Gasteiger partial charge is 0.308 e. The molecule has 0 amide bonds. The highest BCUT2D eigenvalue weighted by molar-refractivity contribution is 9.10. The standard InChI is InChI=1S/C15H23BrN2/c1-2-4-12-7-9-13(10-8-12)17-11-14-5-3-6-15(16)18-14/h3,5-6,12-13,17H,2,4,7-11H2,1H3. The van der Waals surface area contributed by atoms with Crippen LogP contribution in [0.4, 0.5) is 0 Å². The highest BCUT2D eigenvalue weighted by atomic mass is 79.9. The molecule has 3 heteroatoms. The van der Waals surface area contributed by atoms with Crippen LogP contribution in [0.3, 0.4) is 0 Å². The normalized spacial score (nSPS) is 24.1. The Kier molecular flexibility index (Phi) is 5.64. The van der Waals surface area contributed by atoms with E-state index in [0.29, 0.717) is 6.04 Å². The minimum absolute atomic E-state index is 0.693. The molecule has 0 atom stereocenters. The van der Waals surface area contributed by atoms with Crippen LogP contribution in [0, 0.1) is 5.92 Å². The third kappa shape index (κ3) is 4.36. The van der Waals surface area contributed by atoms with Gasteiger partial charge < -0.3 is 5.32 Å². The first-order valence-electron chi connectivity index (χ1n) is 7.12. The van der Waals surface area contributed by atoms with Crippen molar-refractivity contribution in [2.45, 2.75) is 58.0 Å². The molecule has 0 aliphatic heterocycles. The number of nitrogens with one attached hydrogen (secondary N) is 1. The first-order valence-corrected chi connectivity index (χ1v) is 7.92. The summed E-state index contributed by atoms with van der Waals surface area (Å²) in [7, 11) is 0. The van der Waals surface area contributed by atoms with Gasteiger partial charge in [-0.3, -0.25) is 0 Å². The quantitative estimate of drug-likeness (QED) is 0.820. The summed E-state index contributed by atoms with van der Waals surface area (Å²) in [6.07, 6.45) is 8.22. The molecule has 1 saturated carbocycles. The molecule has 0 unspecified atom stereocenters. The van der Waals surface area contributed by atoms with Crippen molar-refractivity contribution in [1.29, 1.82) is 0 Å². The summed E-state index contributed by atoms with van der Waals surface area (Å²) in [5, 5.41) is 3.64. The Balaban J connectivity index is 1.72. The van der Waals surface area contributed by atoms with E-state index in [1.807, 2.05) is 12.1 Å². The van der Waals surface area contributed by atoms with E-state index in [2.05, 4.69) is 39.2 Å². The Labute approximate surface area is 119 Å². The summed E-state index contributed by atoms with van der Waals surface area (Å²) >= 11 is 3.41. The second-order valence-corrected chi connectivity index (χ2v) is 6.15. The van der Waals surface area contributed by atoms with Gasteiger partial charge >= 0.3 is 0 Å². The van der Waals surface area contributed by atoms with Gasteiger partial charge in [0.1, 0.15) is 4.60 Å². The average molecular weight is 311 g/mol. The average Bonchev–Trinajstić information content (AvgIpc) is 2.38. The predicted molar refractivity (Wildman–Crippen MR) is 79.4 cm³/mol. The van der Waals surface area contributed by atoms with Gasteiger partial charge in [0.2, 0.25) is 0 Å². The Morgan fingerprint density at radius 1 is 1.28 bits per heavy atom. The first kappa shape index (κ1) is 14.0. The van der Waals surface area contributed by atoms with Crippen molar-refractivity contribution in [2.24, 2.45) is 5.92 Å². The van der Waals surface area contributed by atoms with E-state index in [4.69, 9.17) is 0 Å². The maximum atomic E-state index is 4.46. The second-order valence-electron chi connectivity index (χ2n) is 5.34. The van der Waals surface area contributed by atoms with E-state index in [9.17, 15) is 0 Å². The third-order valence-corrected chi connectivity index (χ3v) is 4.33. The second kappa shape index (κ2) is 7.25. The van der Waals surface area contributed by atoms with E-state index < -0.39 is 0 Å². The van der Waals surface area contributed by atoms with Crippen molar-refractivity contribution in [1.82, 2.24) is 10.3 Å². The Morgan fingerprint density at radius 2 is 2.06 bits per heavy atom. The molecule has 0 bridgehead atoms. The summed E-state index contributed by atoms with van der Waals surface area (Å²) in [5.74, 6) is 0.983. The van der Waals surface area contributed by atoms with Gasteiger partial charge in [0.15, 0.2) is 0 Å². The van der Waals surface area contributed by atoms with Crippen molar-refractivity contribution in [3.8, 4) is 0 Å². The fourth-order valence-electron chi connectivity index (χ4n) is 2.86. The Morgan fingerprint density at radius 3 is 2.72 bits per heavy atom. The zero-order valence-electron chi connectivity index (χ0n) is 11.2. The van der Waals surface area contributed by atoms with Gasteiger partial charge in [0.25, 0.3) is 0 Å². The van der Waals surface area contributed by atoms with Crippen molar-refractivity contribution in [3.63, 3.8) is 0 Å². The lowest BCUT2D eigenvalue weighted by Crippen LogP contribution is -2.33. The van der Waals surface area contributed by atoms with Crippen LogP contribution in [0.1, 0.15) is 51.1 Å². The summed E-state index contributed by atoms with van der Waals surface area (Å²) in [4.78, 5) is 4.46. The van der Waals surface area contributed by atoms with Gasteiger partial charge in [-0.2, -0.15) is 0 Å². The predicted octanol–water partition coefficient (Wildman–Crippen LogP) is 4.29. The molecule has 1 aromatic heterocycles.